The molecule has 33 heavy (non-hydrogen) atoms. The maximum Gasteiger partial charge on any atom is 0.410 e. The first-order chi connectivity index (χ1) is 15.5. The molecule has 2 aromatic heterocycles. The number of ether oxygens (including phenoxy) is 1. The first kappa shape index (κ1) is 23.0. The van der Waals surface area contributed by atoms with E-state index in [9.17, 15) is 13.2 Å². The normalized spacial score (nSPS) is 17.2. The minimum absolute atomic E-state index is 0.108. The number of carbonyl (C=O) groups excluding carboxylic acids is 1. The number of hydrogen-bond donors (Lipinski definition) is 1. The van der Waals surface area contributed by atoms with Crippen LogP contribution in [0.25, 0.3) is 11.0 Å². The van der Waals surface area contributed by atoms with Crippen molar-refractivity contribution in [3.63, 3.8) is 0 Å². The highest BCUT2D eigenvalue weighted by molar-refractivity contribution is 7.90. The van der Waals surface area contributed by atoms with Crippen molar-refractivity contribution in [3.8, 4) is 0 Å². The Morgan fingerprint density at radius 3 is 2.61 bits per heavy atom. The van der Waals surface area contributed by atoms with E-state index in [1.165, 1.54) is 12.6 Å². The number of piperidine rings is 1. The Kier molecular flexibility index (Phi) is 6.00. The fraction of sp³-hybridized carbons (Fsp3) is 0.455. The summed E-state index contributed by atoms with van der Waals surface area (Å²) in [5.74, 6) is 0.636. The maximum absolute atomic E-state index is 12.8. The van der Waals surface area contributed by atoms with Gasteiger partial charge in [0.2, 0.25) is 0 Å². The van der Waals surface area contributed by atoms with Crippen LogP contribution in [0.15, 0.2) is 41.7 Å². The summed E-state index contributed by atoms with van der Waals surface area (Å²) in [7, 11) is -3.33. The van der Waals surface area contributed by atoms with E-state index in [4.69, 9.17) is 4.74 Å². The summed E-state index contributed by atoms with van der Waals surface area (Å²) in [6, 6.07) is 6.58. The molecule has 0 aliphatic carbocycles. The van der Waals surface area contributed by atoms with Gasteiger partial charge >= 0.3 is 6.09 Å². The van der Waals surface area contributed by atoms with Crippen LogP contribution in [0.4, 0.5) is 16.3 Å². The molecule has 1 fully saturated rings. The Morgan fingerprint density at radius 1 is 1.21 bits per heavy atom. The Bertz CT molecular complexity index is 1250. The number of aromatic amines is 1. The highest BCUT2D eigenvalue weighted by atomic mass is 32.2. The van der Waals surface area contributed by atoms with E-state index in [0.717, 1.165) is 23.9 Å². The lowest BCUT2D eigenvalue weighted by Gasteiger charge is -2.40. The summed E-state index contributed by atoms with van der Waals surface area (Å²) in [6.07, 6.45) is 5.56. The average molecular weight is 473 g/mol. The Morgan fingerprint density at radius 2 is 1.94 bits per heavy atom. The zero-order chi connectivity index (χ0) is 23.8. The predicted molar refractivity (Wildman–Crippen MR) is 124 cm³/mol. The summed E-state index contributed by atoms with van der Waals surface area (Å²) in [5, 5.41) is 7.69. The first-order valence-corrected chi connectivity index (χ1v) is 12.6. The van der Waals surface area contributed by atoms with E-state index in [-0.39, 0.29) is 17.0 Å². The van der Waals surface area contributed by atoms with E-state index in [1.54, 1.807) is 35.4 Å². The fourth-order valence-electron chi connectivity index (χ4n) is 3.96. The minimum atomic E-state index is -3.33. The van der Waals surface area contributed by atoms with Gasteiger partial charge in [-0.05, 0) is 57.9 Å². The molecule has 1 aliphatic heterocycles. The molecule has 1 N–H and O–H groups in total. The molecule has 0 spiro atoms. The molecule has 3 aromatic rings. The number of H-pyrrole nitrogens is 1. The lowest BCUT2D eigenvalue weighted by Crippen LogP contribution is -2.50. The number of anilines is 2. The van der Waals surface area contributed by atoms with Crippen LogP contribution in [0.5, 0.6) is 0 Å². The van der Waals surface area contributed by atoms with Crippen molar-refractivity contribution in [2.75, 3.05) is 24.2 Å². The molecule has 10 nitrogen and oxygen atoms in total. The Balaban J connectivity index is 1.73. The molecule has 0 radical (unpaired) electrons. The highest BCUT2D eigenvalue weighted by Gasteiger charge is 2.33. The van der Waals surface area contributed by atoms with Crippen molar-refractivity contribution in [3.05, 3.63) is 36.8 Å². The average Bonchev–Trinajstić information content (AvgIpc) is 3.22. The quantitative estimate of drug-likeness (QED) is 0.614. The number of carbonyl (C=O) groups is 1. The number of sulfone groups is 1. The van der Waals surface area contributed by atoms with Crippen molar-refractivity contribution in [1.29, 1.82) is 0 Å². The number of amides is 1. The van der Waals surface area contributed by atoms with Crippen LogP contribution in [0.3, 0.4) is 0 Å². The van der Waals surface area contributed by atoms with Gasteiger partial charge in [0, 0.05) is 25.0 Å². The molecule has 1 aliphatic rings. The fourth-order valence-corrected chi connectivity index (χ4v) is 4.59. The third-order valence-electron chi connectivity index (χ3n) is 5.41. The highest BCUT2D eigenvalue weighted by Crippen LogP contribution is 2.34. The van der Waals surface area contributed by atoms with Crippen molar-refractivity contribution in [2.45, 2.75) is 50.2 Å². The van der Waals surface area contributed by atoms with Crippen molar-refractivity contribution in [2.24, 2.45) is 0 Å². The van der Waals surface area contributed by atoms with Crippen LogP contribution in [0.1, 0.15) is 33.6 Å². The van der Waals surface area contributed by atoms with Crippen molar-refractivity contribution >= 4 is 38.5 Å². The second-order valence-corrected chi connectivity index (χ2v) is 11.2. The Hall–Kier alpha value is -3.21. The third kappa shape index (κ3) is 5.08. The van der Waals surface area contributed by atoms with E-state index in [1.807, 2.05) is 25.7 Å². The Labute approximate surface area is 192 Å². The zero-order valence-electron chi connectivity index (χ0n) is 19.1. The molecule has 1 unspecified atom stereocenters. The summed E-state index contributed by atoms with van der Waals surface area (Å²) in [5.41, 5.74) is 0.776. The van der Waals surface area contributed by atoms with Gasteiger partial charge in [0.15, 0.2) is 15.5 Å². The van der Waals surface area contributed by atoms with Gasteiger partial charge < -0.3 is 14.5 Å². The second kappa shape index (κ2) is 8.62. The maximum atomic E-state index is 12.8. The summed E-state index contributed by atoms with van der Waals surface area (Å²) < 4.78 is 29.5. The number of likely N-dealkylation sites (tertiary alicyclic amines) is 1. The van der Waals surface area contributed by atoms with Gasteiger partial charge in [-0.15, -0.1) is 0 Å². The van der Waals surface area contributed by atoms with Crippen molar-refractivity contribution in [1.82, 2.24) is 25.1 Å². The third-order valence-corrected chi connectivity index (χ3v) is 6.54. The van der Waals surface area contributed by atoms with E-state index in [0.29, 0.717) is 24.6 Å². The lowest BCUT2D eigenvalue weighted by molar-refractivity contribution is 0.0200. The minimum Gasteiger partial charge on any atom is -0.444 e. The number of hydrogen-bond acceptors (Lipinski definition) is 8. The molecule has 3 heterocycles. The molecule has 0 bridgehead atoms. The van der Waals surface area contributed by atoms with Gasteiger partial charge in [0.25, 0.3) is 0 Å². The summed E-state index contributed by atoms with van der Waals surface area (Å²) in [4.78, 5) is 25.5. The SMILES string of the molecule is CC(C)(C)OC(=O)N1CCCC(N(c2ccc(S(C)(=O)=O)cc2)c2ncnc3[nH]ncc23)C1. The van der Waals surface area contributed by atoms with Crippen LogP contribution in [0.2, 0.25) is 0 Å². The van der Waals surface area contributed by atoms with Crippen LogP contribution in [-0.2, 0) is 14.6 Å². The smallest absolute Gasteiger partial charge is 0.410 e. The van der Waals surface area contributed by atoms with Crippen molar-refractivity contribution < 1.29 is 17.9 Å². The van der Waals surface area contributed by atoms with Gasteiger partial charge in [-0.25, -0.2) is 23.2 Å². The number of rotatable bonds is 4. The number of benzene rings is 1. The van der Waals surface area contributed by atoms with Gasteiger partial charge in [0.1, 0.15) is 17.7 Å². The lowest BCUT2D eigenvalue weighted by atomic mass is 10.0. The molecule has 0 saturated carbocycles. The van der Waals surface area contributed by atoms with E-state index in [2.05, 4.69) is 20.2 Å². The number of nitrogens with one attached hydrogen (secondary N) is 1. The molecule has 1 aromatic carbocycles. The topological polar surface area (TPSA) is 121 Å². The zero-order valence-corrected chi connectivity index (χ0v) is 20.0. The molecular formula is C22H28N6O4S. The van der Waals surface area contributed by atoms with Gasteiger partial charge in [-0.2, -0.15) is 5.10 Å². The van der Waals surface area contributed by atoms with E-state index >= 15 is 0 Å². The molecule has 1 saturated heterocycles. The van der Waals surface area contributed by atoms with Crippen LogP contribution >= 0.6 is 0 Å². The van der Waals surface area contributed by atoms with Gasteiger partial charge in [0.05, 0.1) is 22.5 Å². The number of fused-ring (bicyclic) bond motifs is 1. The van der Waals surface area contributed by atoms with Crippen LogP contribution in [0, 0.1) is 0 Å². The largest absolute Gasteiger partial charge is 0.444 e. The summed E-state index contributed by atoms with van der Waals surface area (Å²) in [6.45, 7) is 6.58. The first-order valence-electron chi connectivity index (χ1n) is 10.7. The number of nitrogens with zero attached hydrogens (tertiary/aromatic N) is 5. The second-order valence-electron chi connectivity index (χ2n) is 9.19. The standard InChI is InChI=1S/C22H28N6O4S/c1-22(2,3)32-21(29)27-11-5-6-16(13-27)28(15-7-9-17(10-8-15)33(4,30)31)20-18-12-25-26-19(18)23-14-24-20/h7-10,12,14,16H,5-6,11,13H2,1-4H3,(H,23,24,25,26). The molecule has 4 rings (SSSR count). The van der Waals surface area contributed by atoms with E-state index < -0.39 is 15.4 Å². The summed E-state index contributed by atoms with van der Waals surface area (Å²) >= 11 is 0. The van der Waals surface area contributed by atoms with Crippen LogP contribution in [-0.4, -0.2) is 70.6 Å². The molecule has 1 atom stereocenters. The predicted octanol–water partition coefficient (Wildman–Crippen LogP) is 3.29. The van der Waals surface area contributed by atoms with Gasteiger partial charge in [-0.3, -0.25) is 5.10 Å². The monoisotopic (exact) mass is 472 g/mol. The molecule has 1 amide bonds. The van der Waals surface area contributed by atoms with Gasteiger partial charge in [-0.1, -0.05) is 0 Å². The van der Waals surface area contributed by atoms with Crippen LogP contribution < -0.4 is 4.90 Å². The number of aromatic nitrogens is 4. The molecule has 176 valence electrons. The molecule has 11 heteroatoms. The molecular weight excluding hydrogens is 444 g/mol.